The van der Waals surface area contributed by atoms with Crippen molar-refractivity contribution in [1.82, 2.24) is 0 Å². The van der Waals surface area contributed by atoms with E-state index in [1.807, 2.05) is 32.9 Å². The van der Waals surface area contributed by atoms with Crippen molar-refractivity contribution in [3.63, 3.8) is 0 Å². The molecule has 80 valence electrons. The van der Waals surface area contributed by atoms with Crippen LogP contribution < -0.4 is 5.32 Å². The van der Waals surface area contributed by atoms with Gasteiger partial charge in [0, 0.05) is 12.6 Å². The molecule has 0 unspecified atom stereocenters. The molecule has 0 saturated carbocycles. The fourth-order valence-corrected chi connectivity index (χ4v) is 1.30. The molecule has 0 aliphatic rings. The minimum absolute atomic E-state index is 0.479. The molecule has 1 N–H and O–H groups in total. The van der Waals surface area contributed by atoms with Crippen LogP contribution in [0.15, 0.2) is 12.1 Å². The van der Waals surface area contributed by atoms with Gasteiger partial charge in [-0.05, 0) is 43.5 Å². The molecule has 0 aromatic heterocycles. The Kier molecular flexibility index (Phi) is 3.24. The van der Waals surface area contributed by atoms with Crippen LogP contribution in [-0.2, 0) is 9.59 Å². The van der Waals surface area contributed by atoms with Crippen LogP contribution in [0, 0.1) is 20.8 Å². The van der Waals surface area contributed by atoms with Gasteiger partial charge in [-0.1, -0.05) is 6.07 Å². The van der Waals surface area contributed by atoms with Gasteiger partial charge in [0.05, 0.1) is 0 Å². The molecule has 1 aromatic rings. The Morgan fingerprint density at radius 2 is 1.67 bits per heavy atom. The third-order valence-electron chi connectivity index (χ3n) is 2.63. The largest absolute Gasteiger partial charge is 0.319 e. The van der Waals surface area contributed by atoms with Crippen molar-refractivity contribution in [2.45, 2.75) is 27.7 Å². The fraction of sp³-hybridized carbons (Fsp3) is 0.333. The molecule has 0 aliphatic heterocycles. The summed E-state index contributed by atoms with van der Waals surface area (Å²) >= 11 is 0. The Morgan fingerprint density at radius 1 is 1.07 bits per heavy atom. The first-order chi connectivity index (χ1) is 6.93. The Morgan fingerprint density at radius 3 is 2.20 bits per heavy atom. The smallest absolute Gasteiger partial charge is 0.291 e. The first-order valence-corrected chi connectivity index (χ1v) is 4.82. The first-order valence-electron chi connectivity index (χ1n) is 4.82. The summed E-state index contributed by atoms with van der Waals surface area (Å²) < 4.78 is 0. The molecule has 3 heteroatoms. The van der Waals surface area contributed by atoms with E-state index in [0.717, 1.165) is 11.1 Å². The minimum Gasteiger partial charge on any atom is -0.319 e. The first kappa shape index (κ1) is 11.4. The molecule has 1 aromatic carbocycles. The lowest BCUT2D eigenvalue weighted by atomic mass is 10.0. The van der Waals surface area contributed by atoms with Crippen LogP contribution >= 0.6 is 0 Å². The highest BCUT2D eigenvalue weighted by molar-refractivity contribution is 6.39. The topological polar surface area (TPSA) is 46.2 Å². The molecule has 0 spiro atoms. The van der Waals surface area contributed by atoms with E-state index < -0.39 is 11.7 Å². The highest BCUT2D eigenvalue weighted by Gasteiger charge is 2.10. The predicted molar refractivity (Wildman–Crippen MR) is 60.0 cm³/mol. The van der Waals surface area contributed by atoms with E-state index in [-0.39, 0.29) is 0 Å². The fourth-order valence-electron chi connectivity index (χ4n) is 1.30. The summed E-state index contributed by atoms with van der Waals surface area (Å²) in [6.45, 7) is 7.19. The second kappa shape index (κ2) is 4.26. The molecule has 1 rings (SSSR count). The van der Waals surface area contributed by atoms with Crippen molar-refractivity contribution in [2.75, 3.05) is 5.32 Å². The van der Waals surface area contributed by atoms with Crippen molar-refractivity contribution in [2.24, 2.45) is 0 Å². The highest BCUT2D eigenvalue weighted by atomic mass is 16.2. The van der Waals surface area contributed by atoms with Crippen LogP contribution in [0.3, 0.4) is 0 Å². The maximum Gasteiger partial charge on any atom is 0.291 e. The lowest BCUT2D eigenvalue weighted by Gasteiger charge is -2.11. The van der Waals surface area contributed by atoms with Gasteiger partial charge in [-0.2, -0.15) is 0 Å². The lowest BCUT2D eigenvalue weighted by molar-refractivity contribution is -0.133. The van der Waals surface area contributed by atoms with Crippen molar-refractivity contribution in [3.05, 3.63) is 28.8 Å². The second-order valence-corrected chi connectivity index (χ2v) is 3.69. The average molecular weight is 205 g/mol. The molecule has 1 amide bonds. The van der Waals surface area contributed by atoms with Gasteiger partial charge in [0.15, 0.2) is 0 Å². The predicted octanol–water partition coefficient (Wildman–Crippen LogP) is 2.14. The van der Waals surface area contributed by atoms with Crippen LogP contribution in [0.1, 0.15) is 23.6 Å². The normalized spacial score (nSPS) is 9.87. The van der Waals surface area contributed by atoms with Crippen LogP contribution in [-0.4, -0.2) is 11.7 Å². The van der Waals surface area contributed by atoms with Crippen LogP contribution in [0.2, 0.25) is 0 Å². The zero-order valence-corrected chi connectivity index (χ0v) is 9.47. The number of amides is 1. The summed E-state index contributed by atoms with van der Waals surface area (Å²) in [5, 5.41) is 2.59. The summed E-state index contributed by atoms with van der Waals surface area (Å²) in [6.07, 6.45) is 0. The molecule has 0 radical (unpaired) electrons. The van der Waals surface area contributed by atoms with E-state index in [1.165, 1.54) is 12.5 Å². The van der Waals surface area contributed by atoms with Gasteiger partial charge in [0.1, 0.15) is 0 Å². The average Bonchev–Trinajstić information content (AvgIpc) is 2.18. The Bertz CT molecular complexity index is 422. The molecule has 0 aliphatic carbocycles. The monoisotopic (exact) mass is 205 g/mol. The summed E-state index contributed by atoms with van der Waals surface area (Å²) in [7, 11) is 0. The second-order valence-electron chi connectivity index (χ2n) is 3.69. The maximum absolute atomic E-state index is 11.2. The number of ketones is 1. The molecular weight excluding hydrogens is 190 g/mol. The van der Waals surface area contributed by atoms with E-state index >= 15 is 0 Å². The molecule has 0 bridgehead atoms. The van der Waals surface area contributed by atoms with E-state index in [2.05, 4.69) is 5.32 Å². The summed E-state index contributed by atoms with van der Waals surface area (Å²) in [5.41, 5.74) is 4.02. The third kappa shape index (κ3) is 2.43. The number of carbonyl (C=O) groups excluding carboxylic acids is 2. The number of rotatable bonds is 2. The number of Topliss-reactive ketones (excluding diaryl/α,β-unsaturated/α-hetero) is 1. The molecule has 0 saturated heterocycles. The minimum atomic E-state index is -0.568. The zero-order valence-electron chi connectivity index (χ0n) is 9.47. The molecule has 15 heavy (non-hydrogen) atoms. The number of benzene rings is 1. The maximum atomic E-state index is 11.2. The van der Waals surface area contributed by atoms with Crippen molar-refractivity contribution < 1.29 is 9.59 Å². The quantitative estimate of drug-likeness (QED) is 0.752. The number of hydrogen-bond acceptors (Lipinski definition) is 2. The van der Waals surface area contributed by atoms with Crippen molar-refractivity contribution >= 4 is 17.4 Å². The number of nitrogens with one attached hydrogen (secondary N) is 1. The van der Waals surface area contributed by atoms with Gasteiger partial charge < -0.3 is 5.32 Å². The van der Waals surface area contributed by atoms with E-state index in [0.29, 0.717) is 5.69 Å². The number of carbonyl (C=O) groups is 2. The van der Waals surface area contributed by atoms with Crippen LogP contribution in [0.25, 0.3) is 0 Å². The van der Waals surface area contributed by atoms with Crippen LogP contribution in [0.5, 0.6) is 0 Å². The Hall–Kier alpha value is -1.64. The van der Waals surface area contributed by atoms with E-state index in [1.54, 1.807) is 0 Å². The summed E-state index contributed by atoms with van der Waals surface area (Å²) in [6, 6.07) is 3.75. The molecule has 3 nitrogen and oxygen atoms in total. The molecule has 0 heterocycles. The molecular formula is C12H15NO2. The van der Waals surface area contributed by atoms with Crippen LogP contribution in [0.4, 0.5) is 5.69 Å². The SMILES string of the molecule is CC(=O)C(=O)Nc1ccc(C)c(C)c1C. The van der Waals surface area contributed by atoms with Gasteiger partial charge in [-0.3, -0.25) is 9.59 Å². The molecule has 0 atom stereocenters. The van der Waals surface area contributed by atoms with Gasteiger partial charge in [0.25, 0.3) is 5.91 Å². The highest BCUT2D eigenvalue weighted by Crippen LogP contribution is 2.21. The van der Waals surface area contributed by atoms with Gasteiger partial charge in [0.2, 0.25) is 5.78 Å². The van der Waals surface area contributed by atoms with Crippen molar-refractivity contribution in [1.29, 1.82) is 0 Å². The Labute approximate surface area is 89.5 Å². The third-order valence-corrected chi connectivity index (χ3v) is 2.63. The summed E-state index contributed by atoms with van der Waals surface area (Å²) in [5.74, 6) is -1.05. The van der Waals surface area contributed by atoms with E-state index in [9.17, 15) is 9.59 Å². The van der Waals surface area contributed by atoms with E-state index in [4.69, 9.17) is 0 Å². The van der Waals surface area contributed by atoms with Gasteiger partial charge in [-0.15, -0.1) is 0 Å². The molecule has 0 fully saturated rings. The van der Waals surface area contributed by atoms with Gasteiger partial charge >= 0.3 is 0 Å². The number of anilines is 1. The van der Waals surface area contributed by atoms with Crippen molar-refractivity contribution in [3.8, 4) is 0 Å². The zero-order chi connectivity index (χ0) is 11.6. The Balaban J connectivity index is 3.02. The standard InChI is InChI=1S/C12H15NO2/c1-7-5-6-11(9(3)8(7)2)13-12(15)10(4)14/h5-6H,1-4H3,(H,13,15). The summed E-state index contributed by atoms with van der Waals surface area (Å²) in [4.78, 5) is 22.0. The van der Waals surface area contributed by atoms with Gasteiger partial charge in [-0.25, -0.2) is 0 Å². The lowest BCUT2D eigenvalue weighted by Crippen LogP contribution is -2.20. The number of hydrogen-bond donors (Lipinski definition) is 1. The number of aryl methyl sites for hydroxylation is 1.